The van der Waals surface area contributed by atoms with Crippen LogP contribution in [0.5, 0.6) is 0 Å². The quantitative estimate of drug-likeness (QED) is 0.723. The second-order valence-electron chi connectivity index (χ2n) is 3.53. The summed E-state index contributed by atoms with van der Waals surface area (Å²) in [6, 6.07) is 6.08. The third-order valence-electron chi connectivity index (χ3n) is 2.51. The van der Waals surface area contributed by atoms with Gasteiger partial charge in [-0.2, -0.15) is 0 Å². The van der Waals surface area contributed by atoms with Crippen molar-refractivity contribution < 1.29 is 0 Å². The van der Waals surface area contributed by atoms with Crippen molar-refractivity contribution in [2.75, 3.05) is 0 Å². The minimum Gasteiger partial charge on any atom is -0.244 e. The molecule has 2 aromatic rings. The Hall–Kier alpha value is -1.96. The standard InChI is InChI=1S/C14H14N2/c1-3-6-11(4-2)12-7-5-8-14-13(12)9-15-10-16-14/h4-10H,2-3H2,1H3/b11-6+. The fraction of sp³-hybridized carbons (Fsp3) is 0.143. The van der Waals surface area contributed by atoms with Crippen molar-refractivity contribution in [3.05, 3.63) is 55.0 Å². The SMILES string of the molecule is C=C/C(=C\CC)c1cccc2ncncc12. The van der Waals surface area contributed by atoms with Crippen LogP contribution in [-0.4, -0.2) is 9.97 Å². The van der Waals surface area contributed by atoms with E-state index < -0.39 is 0 Å². The molecule has 0 N–H and O–H groups in total. The molecule has 16 heavy (non-hydrogen) atoms. The number of fused-ring (bicyclic) bond motifs is 1. The molecule has 1 heterocycles. The van der Waals surface area contributed by atoms with Crippen LogP contribution in [0.15, 0.2) is 49.5 Å². The average molecular weight is 210 g/mol. The molecule has 1 aromatic carbocycles. The van der Waals surface area contributed by atoms with E-state index in [1.807, 2.05) is 24.4 Å². The van der Waals surface area contributed by atoms with Gasteiger partial charge in [0.15, 0.2) is 0 Å². The van der Waals surface area contributed by atoms with E-state index in [1.54, 1.807) is 6.33 Å². The van der Waals surface area contributed by atoms with Crippen LogP contribution in [0, 0.1) is 0 Å². The number of hydrogen-bond acceptors (Lipinski definition) is 2. The number of hydrogen-bond donors (Lipinski definition) is 0. The number of rotatable bonds is 3. The molecule has 0 saturated carbocycles. The average Bonchev–Trinajstić information content (AvgIpc) is 2.35. The molecule has 80 valence electrons. The Morgan fingerprint density at radius 2 is 2.31 bits per heavy atom. The van der Waals surface area contributed by atoms with Crippen molar-refractivity contribution in [3.8, 4) is 0 Å². The summed E-state index contributed by atoms with van der Waals surface area (Å²) in [6.07, 6.45) is 8.46. The fourth-order valence-electron chi connectivity index (χ4n) is 1.78. The van der Waals surface area contributed by atoms with E-state index in [0.29, 0.717) is 0 Å². The molecule has 2 nitrogen and oxygen atoms in total. The van der Waals surface area contributed by atoms with Crippen LogP contribution >= 0.6 is 0 Å². The van der Waals surface area contributed by atoms with E-state index in [4.69, 9.17) is 0 Å². The highest BCUT2D eigenvalue weighted by Gasteiger charge is 2.03. The highest BCUT2D eigenvalue weighted by Crippen LogP contribution is 2.24. The highest BCUT2D eigenvalue weighted by atomic mass is 14.8. The smallest absolute Gasteiger partial charge is 0.116 e. The van der Waals surface area contributed by atoms with Gasteiger partial charge in [-0.15, -0.1) is 0 Å². The van der Waals surface area contributed by atoms with Gasteiger partial charge in [0.05, 0.1) is 5.52 Å². The number of nitrogens with zero attached hydrogens (tertiary/aromatic N) is 2. The molecule has 0 saturated heterocycles. The maximum atomic E-state index is 4.25. The molecule has 0 bridgehead atoms. The van der Waals surface area contributed by atoms with E-state index in [0.717, 1.165) is 28.5 Å². The summed E-state index contributed by atoms with van der Waals surface area (Å²) in [7, 11) is 0. The van der Waals surface area contributed by atoms with Crippen molar-refractivity contribution >= 4 is 16.5 Å². The third kappa shape index (κ3) is 1.87. The molecule has 0 radical (unpaired) electrons. The first-order valence-corrected chi connectivity index (χ1v) is 5.38. The Morgan fingerprint density at radius 3 is 3.06 bits per heavy atom. The maximum absolute atomic E-state index is 4.25. The highest BCUT2D eigenvalue weighted by molar-refractivity contribution is 5.93. The van der Waals surface area contributed by atoms with Crippen LogP contribution in [0.2, 0.25) is 0 Å². The molecular weight excluding hydrogens is 196 g/mol. The predicted octanol–water partition coefficient (Wildman–Crippen LogP) is 3.61. The Balaban J connectivity index is 2.68. The van der Waals surface area contributed by atoms with Crippen LogP contribution in [0.4, 0.5) is 0 Å². The van der Waals surface area contributed by atoms with Crippen molar-refractivity contribution in [2.24, 2.45) is 0 Å². The molecule has 0 aliphatic heterocycles. The molecule has 0 spiro atoms. The Morgan fingerprint density at radius 1 is 1.44 bits per heavy atom. The molecule has 0 aliphatic rings. The van der Waals surface area contributed by atoms with Gasteiger partial charge in [0.25, 0.3) is 0 Å². The van der Waals surface area contributed by atoms with E-state index in [2.05, 4.69) is 35.6 Å². The first-order chi connectivity index (χ1) is 7.86. The molecule has 1 aromatic heterocycles. The van der Waals surface area contributed by atoms with Gasteiger partial charge < -0.3 is 0 Å². The van der Waals surface area contributed by atoms with Gasteiger partial charge in [-0.05, 0) is 23.6 Å². The Bertz CT molecular complexity index is 536. The number of benzene rings is 1. The minimum atomic E-state index is 0.969. The van der Waals surface area contributed by atoms with Gasteiger partial charge in [0.1, 0.15) is 6.33 Å². The predicted molar refractivity (Wildman–Crippen MR) is 68.0 cm³/mol. The van der Waals surface area contributed by atoms with Gasteiger partial charge in [0, 0.05) is 11.6 Å². The first kappa shape index (κ1) is 10.6. The molecule has 2 rings (SSSR count). The second kappa shape index (κ2) is 4.71. The van der Waals surface area contributed by atoms with Crippen molar-refractivity contribution in [2.45, 2.75) is 13.3 Å². The van der Waals surface area contributed by atoms with Crippen LogP contribution in [-0.2, 0) is 0 Å². The largest absolute Gasteiger partial charge is 0.244 e. The molecule has 0 atom stereocenters. The lowest BCUT2D eigenvalue weighted by Gasteiger charge is -2.06. The van der Waals surface area contributed by atoms with E-state index in [9.17, 15) is 0 Å². The third-order valence-corrected chi connectivity index (χ3v) is 2.51. The summed E-state index contributed by atoms with van der Waals surface area (Å²) < 4.78 is 0. The number of allylic oxidation sites excluding steroid dienone is 3. The summed E-state index contributed by atoms with van der Waals surface area (Å²) in [4.78, 5) is 8.32. The summed E-state index contributed by atoms with van der Waals surface area (Å²) in [5.74, 6) is 0. The minimum absolute atomic E-state index is 0.969. The summed E-state index contributed by atoms with van der Waals surface area (Å²) in [5.41, 5.74) is 3.26. The summed E-state index contributed by atoms with van der Waals surface area (Å²) in [5, 5.41) is 1.07. The van der Waals surface area contributed by atoms with Gasteiger partial charge >= 0.3 is 0 Å². The van der Waals surface area contributed by atoms with Crippen molar-refractivity contribution in [1.82, 2.24) is 9.97 Å². The molecule has 0 unspecified atom stereocenters. The lowest BCUT2D eigenvalue weighted by atomic mass is 10.0. The molecule has 0 amide bonds. The zero-order valence-electron chi connectivity index (χ0n) is 9.35. The molecule has 2 heteroatoms. The van der Waals surface area contributed by atoms with Crippen molar-refractivity contribution in [1.29, 1.82) is 0 Å². The van der Waals surface area contributed by atoms with Crippen LogP contribution in [0.25, 0.3) is 16.5 Å². The molecular formula is C14H14N2. The lowest BCUT2D eigenvalue weighted by molar-refractivity contribution is 1.21. The monoisotopic (exact) mass is 210 g/mol. The normalized spacial score (nSPS) is 11.7. The zero-order chi connectivity index (χ0) is 11.4. The number of aromatic nitrogens is 2. The van der Waals surface area contributed by atoms with E-state index in [-0.39, 0.29) is 0 Å². The van der Waals surface area contributed by atoms with E-state index in [1.165, 1.54) is 0 Å². The van der Waals surface area contributed by atoms with Crippen LogP contribution in [0.1, 0.15) is 18.9 Å². The van der Waals surface area contributed by atoms with Gasteiger partial charge in [0.2, 0.25) is 0 Å². The second-order valence-corrected chi connectivity index (χ2v) is 3.53. The van der Waals surface area contributed by atoms with Crippen LogP contribution in [0.3, 0.4) is 0 Å². The lowest BCUT2D eigenvalue weighted by Crippen LogP contribution is -1.87. The topological polar surface area (TPSA) is 25.8 Å². The Labute approximate surface area is 95.4 Å². The zero-order valence-corrected chi connectivity index (χ0v) is 9.35. The van der Waals surface area contributed by atoms with Gasteiger partial charge in [-0.25, -0.2) is 9.97 Å². The summed E-state index contributed by atoms with van der Waals surface area (Å²) >= 11 is 0. The first-order valence-electron chi connectivity index (χ1n) is 5.38. The molecule has 0 aliphatic carbocycles. The molecule has 0 fully saturated rings. The fourth-order valence-corrected chi connectivity index (χ4v) is 1.78. The maximum Gasteiger partial charge on any atom is 0.116 e. The summed E-state index contributed by atoms with van der Waals surface area (Å²) in [6.45, 7) is 5.97. The van der Waals surface area contributed by atoms with E-state index >= 15 is 0 Å². The van der Waals surface area contributed by atoms with Gasteiger partial charge in [-0.1, -0.05) is 37.8 Å². The van der Waals surface area contributed by atoms with Crippen LogP contribution < -0.4 is 0 Å². The van der Waals surface area contributed by atoms with Gasteiger partial charge in [-0.3, -0.25) is 0 Å². The van der Waals surface area contributed by atoms with Crippen molar-refractivity contribution in [3.63, 3.8) is 0 Å². The Kier molecular flexibility index (Phi) is 3.10.